The molecule has 4 nitrogen and oxygen atoms in total. The van der Waals surface area contributed by atoms with E-state index in [0.717, 1.165) is 35.0 Å². The number of fused-ring (bicyclic) bond motifs is 1. The van der Waals surface area contributed by atoms with Crippen LogP contribution in [0.15, 0.2) is 97.1 Å². The fourth-order valence-electron chi connectivity index (χ4n) is 5.09. The largest absolute Gasteiger partial charge is 0.325 e. The Hall–Kier alpha value is -3.92. The summed E-state index contributed by atoms with van der Waals surface area (Å²) in [6.45, 7) is 0. The average molecular weight is 447 g/mol. The van der Waals surface area contributed by atoms with Gasteiger partial charge in [0.2, 0.25) is 11.8 Å². The van der Waals surface area contributed by atoms with Crippen LogP contribution in [-0.4, -0.2) is 11.8 Å². The number of benzene rings is 4. The van der Waals surface area contributed by atoms with E-state index in [4.69, 9.17) is 0 Å². The molecule has 4 aromatic carbocycles. The number of rotatable bonds is 6. The van der Waals surface area contributed by atoms with E-state index in [2.05, 4.69) is 34.9 Å². The molecule has 0 radical (unpaired) electrons. The Morgan fingerprint density at radius 2 is 0.941 bits per heavy atom. The molecule has 0 spiro atoms. The van der Waals surface area contributed by atoms with E-state index in [0.29, 0.717) is 11.8 Å². The second kappa shape index (κ2) is 8.45. The van der Waals surface area contributed by atoms with Crippen LogP contribution in [0.1, 0.15) is 35.8 Å². The van der Waals surface area contributed by atoms with Gasteiger partial charge in [-0.15, -0.1) is 0 Å². The van der Waals surface area contributed by atoms with Crippen molar-refractivity contribution in [2.24, 2.45) is 11.8 Å². The van der Waals surface area contributed by atoms with Gasteiger partial charge in [-0.1, -0.05) is 84.9 Å². The lowest BCUT2D eigenvalue weighted by Crippen LogP contribution is -2.16. The predicted molar refractivity (Wildman–Crippen MR) is 136 cm³/mol. The Morgan fingerprint density at radius 1 is 0.529 bits per heavy atom. The summed E-state index contributed by atoms with van der Waals surface area (Å²) >= 11 is 0. The molecule has 6 rings (SSSR count). The molecule has 4 atom stereocenters. The zero-order valence-electron chi connectivity index (χ0n) is 18.8. The minimum Gasteiger partial charge on any atom is -0.325 e. The van der Waals surface area contributed by atoms with Gasteiger partial charge in [-0.25, -0.2) is 0 Å². The molecular weight excluding hydrogens is 420 g/mol. The SMILES string of the molecule is O=C(Nc1cccc2c(NC(=O)[C@@H]3C[C@@H]3c3ccccc3)cccc12)[C@H]1C[C@@H]1c1ccccc1. The van der Waals surface area contributed by atoms with Crippen LogP contribution in [-0.2, 0) is 9.59 Å². The van der Waals surface area contributed by atoms with Gasteiger partial charge in [0.1, 0.15) is 0 Å². The molecule has 2 saturated carbocycles. The summed E-state index contributed by atoms with van der Waals surface area (Å²) in [7, 11) is 0. The Labute approximate surface area is 199 Å². The molecule has 0 unspecified atom stereocenters. The van der Waals surface area contributed by atoms with E-state index in [9.17, 15) is 9.59 Å². The molecule has 2 aliphatic carbocycles. The monoisotopic (exact) mass is 446 g/mol. The number of hydrogen-bond acceptors (Lipinski definition) is 2. The van der Waals surface area contributed by atoms with Gasteiger partial charge in [0.15, 0.2) is 0 Å². The van der Waals surface area contributed by atoms with E-state index in [1.165, 1.54) is 11.1 Å². The standard InChI is InChI=1S/C30H26N2O2/c33-29(25-17-23(25)19-9-3-1-4-10-19)31-27-15-7-14-22-21(27)13-8-16-28(22)32-30(34)26-18-24(26)20-11-5-2-6-12-20/h1-16,23-26H,17-18H2,(H,31,33)(H,32,34)/t23-,24-,25-,26+/m1/s1. The minimum absolute atomic E-state index is 0.00493. The van der Waals surface area contributed by atoms with Gasteiger partial charge in [0.05, 0.1) is 0 Å². The van der Waals surface area contributed by atoms with Gasteiger partial charge in [-0.05, 0) is 47.9 Å². The van der Waals surface area contributed by atoms with Crippen molar-refractivity contribution < 1.29 is 9.59 Å². The molecule has 2 N–H and O–H groups in total. The first-order valence-corrected chi connectivity index (χ1v) is 11.9. The second-order valence-electron chi connectivity index (χ2n) is 9.40. The molecule has 0 saturated heterocycles. The van der Waals surface area contributed by atoms with Crippen molar-refractivity contribution in [1.82, 2.24) is 0 Å². The predicted octanol–water partition coefficient (Wildman–Crippen LogP) is 6.32. The quantitative estimate of drug-likeness (QED) is 0.364. The smallest absolute Gasteiger partial charge is 0.228 e. The van der Waals surface area contributed by atoms with Crippen LogP contribution in [0.25, 0.3) is 10.8 Å². The number of nitrogens with one attached hydrogen (secondary N) is 2. The van der Waals surface area contributed by atoms with Gasteiger partial charge in [-0.2, -0.15) is 0 Å². The van der Waals surface area contributed by atoms with Gasteiger partial charge in [-0.3, -0.25) is 9.59 Å². The molecule has 2 aliphatic rings. The Morgan fingerprint density at radius 3 is 1.35 bits per heavy atom. The molecule has 0 bridgehead atoms. The number of carbonyl (C=O) groups is 2. The van der Waals surface area contributed by atoms with E-state index < -0.39 is 0 Å². The highest BCUT2D eigenvalue weighted by Crippen LogP contribution is 2.49. The zero-order chi connectivity index (χ0) is 23.1. The number of amides is 2. The lowest BCUT2D eigenvalue weighted by atomic mass is 10.1. The van der Waals surface area contributed by atoms with Crippen LogP contribution < -0.4 is 10.6 Å². The van der Waals surface area contributed by atoms with Crippen molar-refractivity contribution in [3.63, 3.8) is 0 Å². The third-order valence-corrected chi connectivity index (χ3v) is 7.15. The summed E-state index contributed by atoms with van der Waals surface area (Å²) in [5.74, 6) is 0.707. The molecule has 0 aromatic heterocycles. The fraction of sp³-hybridized carbons (Fsp3) is 0.200. The van der Waals surface area contributed by atoms with Crippen molar-refractivity contribution >= 4 is 34.0 Å². The maximum atomic E-state index is 13.0. The highest BCUT2D eigenvalue weighted by molar-refractivity contribution is 6.10. The molecule has 168 valence electrons. The third-order valence-electron chi connectivity index (χ3n) is 7.15. The number of anilines is 2. The summed E-state index contributed by atoms with van der Waals surface area (Å²) in [6.07, 6.45) is 1.76. The first-order valence-electron chi connectivity index (χ1n) is 11.9. The number of hydrogen-bond donors (Lipinski definition) is 2. The molecule has 34 heavy (non-hydrogen) atoms. The van der Waals surface area contributed by atoms with Crippen LogP contribution in [0.2, 0.25) is 0 Å². The maximum absolute atomic E-state index is 13.0. The topological polar surface area (TPSA) is 58.2 Å². The summed E-state index contributed by atoms with van der Waals surface area (Å²) in [4.78, 5) is 25.9. The Kier molecular flexibility index (Phi) is 5.14. The van der Waals surface area contributed by atoms with E-state index >= 15 is 0 Å². The van der Waals surface area contributed by atoms with Crippen molar-refractivity contribution in [3.8, 4) is 0 Å². The molecule has 0 heterocycles. The highest BCUT2D eigenvalue weighted by Gasteiger charge is 2.44. The van der Waals surface area contributed by atoms with Crippen LogP contribution in [0, 0.1) is 11.8 Å². The maximum Gasteiger partial charge on any atom is 0.228 e. The van der Waals surface area contributed by atoms with Crippen molar-refractivity contribution in [1.29, 1.82) is 0 Å². The van der Waals surface area contributed by atoms with Gasteiger partial charge in [0.25, 0.3) is 0 Å². The van der Waals surface area contributed by atoms with E-state index in [-0.39, 0.29) is 23.7 Å². The lowest BCUT2D eigenvalue weighted by Gasteiger charge is -2.13. The van der Waals surface area contributed by atoms with Crippen molar-refractivity contribution in [3.05, 3.63) is 108 Å². The summed E-state index contributed by atoms with van der Waals surface area (Å²) in [5, 5.41) is 8.14. The average Bonchev–Trinajstić information content (AvgIpc) is 3.79. The molecule has 0 aliphatic heterocycles. The Balaban J connectivity index is 1.17. The molecule has 2 fully saturated rings. The molecule has 4 heteroatoms. The van der Waals surface area contributed by atoms with Crippen molar-refractivity contribution in [2.45, 2.75) is 24.7 Å². The normalized spacial score (nSPS) is 22.7. The highest BCUT2D eigenvalue weighted by atomic mass is 16.2. The number of carbonyl (C=O) groups excluding carboxylic acids is 2. The van der Waals surface area contributed by atoms with Crippen LogP contribution in [0.3, 0.4) is 0 Å². The van der Waals surface area contributed by atoms with E-state index in [1.54, 1.807) is 0 Å². The van der Waals surface area contributed by atoms with Gasteiger partial charge < -0.3 is 10.6 Å². The Bertz CT molecular complexity index is 1260. The van der Waals surface area contributed by atoms with Crippen LogP contribution in [0.5, 0.6) is 0 Å². The summed E-state index contributed by atoms with van der Waals surface area (Å²) < 4.78 is 0. The fourth-order valence-corrected chi connectivity index (χ4v) is 5.09. The summed E-state index contributed by atoms with van der Waals surface area (Å²) in [6, 6.07) is 32.1. The van der Waals surface area contributed by atoms with E-state index in [1.807, 2.05) is 72.8 Å². The van der Waals surface area contributed by atoms with Crippen LogP contribution in [0.4, 0.5) is 11.4 Å². The third kappa shape index (κ3) is 3.96. The molecule has 4 aromatic rings. The van der Waals surface area contributed by atoms with Gasteiger partial charge in [0, 0.05) is 34.0 Å². The van der Waals surface area contributed by atoms with Gasteiger partial charge >= 0.3 is 0 Å². The summed E-state index contributed by atoms with van der Waals surface area (Å²) in [5.41, 5.74) is 4.01. The first kappa shape index (κ1) is 20.7. The lowest BCUT2D eigenvalue weighted by molar-refractivity contribution is -0.118. The first-order chi connectivity index (χ1) is 16.7. The second-order valence-corrected chi connectivity index (χ2v) is 9.40. The van der Waals surface area contributed by atoms with Crippen molar-refractivity contribution in [2.75, 3.05) is 10.6 Å². The zero-order valence-corrected chi connectivity index (χ0v) is 18.8. The molecule has 2 amide bonds. The van der Waals surface area contributed by atoms with Crippen LogP contribution >= 0.6 is 0 Å². The molecular formula is C30H26N2O2. The minimum atomic E-state index is 0.00493.